The Bertz CT molecular complexity index is 415. The molecule has 1 aromatic carbocycles. The highest BCUT2D eigenvalue weighted by Crippen LogP contribution is 2.29. The van der Waals surface area contributed by atoms with Crippen LogP contribution >= 0.6 is 40.7 Å². The van der Waals surface area contributed by atoms with Crippen LogP contribution in [0, 0.1) is 11.6 Å². The van der Waals surface area contributed by atoms with Crippen LogP contribution in [0.3, 0.4) is 0 Å². The maximum atomic E-state index is 13.9. The van der Waals surface area contributed by atoms with Crippen molar-refractivity contribution in [1.82, 2.24) is 10.2 Å². The van der Waals surface area contributed by atoms with E-state index in [0.717, 1.165) is 26.2 Å². The molecule has 0 unspecified atom stereocenters. The molecule has 1 atom stereocenters. The van der Waals surface area contributed by atoms with Gasteiger partial charge >= 0.3 is 0 Å². The Hall–Kier alpha value is 0.0600. The van der Waals surface area contributed by atoms with Crippen LogP contribution in [-0.2, 0) is 0 Å². The first-order valence-corrected chi connectivity index (χ1v) is 6.48. The third kappa shape index (κ3) is 4.26. The average Bonchev–Trinajstić information content (AvgIpc) is 2.35. The van der Waals surface area contributed by atoms with E-state index in [1.165, 1.54) is 12.1 Å². The Morgan fingerprint density at radius 1 is 1.21 bits per heavy atom. The van der Waals surface area contributed by atoms with Gasteiger partial charge in [0.15, 0.2) is 0 Å². The third-order valence-electron chi connectivity index (χ3n) is 3.20. The zero-order valence-corrected chi connectivity index (χ0v) is 13.7. The molecule has 1 aliphatic rings. The zero-order chi connectivity index (χ0) is 12.4. The molecule has 0 saturated carbocycles. The molecule has 1 aromatic rings. The van der Waals surface area contributed by atoms with Crippen molar-refractivity contribution in [2.75, 3.05) is 26.2 Å². The molecule has 0 aromatic heterocycles. The largest absolute Gasteiger partial charge is 0.314 e. The summed E-state index contributed by atoms with van der Waals surface area (Å²) in [5, 5.41) is 3.22. The van der Waals surface area contributed by atoms with Crippen LogP contribution in [0.1, 0.15) is 18.5 Å². The molecule has 7 heteroatoms. The average molecular weight is 378 g/mol. The molecule has 0 aliphatic carbocycles. The first-order valence-electron chi connectivity index (χ1n) is 5.69. The summed E-state index contributed by atoms with van der Waals surface area (Å²) in [6.07, 6.45) is 0. The molecule has 110 valence electrons. The van der Waals surface area contributed by atoms with Crippen LogP contribution in [0.25, 0.3) is 0 Å². The van der Waals surface area contributed by atoms with Gasteiger partial charge in [-0.3, -0.25) is 4.90 Å². The fourth-order valence-corrected chi connectivity index (χ4v) is 2.52. The Labute approximate surface area is 132 Å². The van der Waals surface area contributed by atoms with E-state index < -0.39 is 11.6 Å². The van der Waals surface area contributed by atoms with E-state index in [1.54, 1.807) is 0 Å². The van der Waals surface area contributed by atoms with Gasteiger partial charge in [0.05, 0.1) is 4.47 Å². The standard InChI is InChI=1S/C12H15BrF2N2.2ClH/c1-8(17-6-4-16-5-7-17)11-10(14)3-2-9(13)12(11)15;;/h2-3,8,16H,4-7H2,1H3;2*1H/t8-;;/m1../s1. The molecule has 0 spiro atoms. The van der Waals surface area contributed by atoms with Crippen LogP contribution in [0.2, 0.25) is 0 Å². The van der Waals surface area contributed by atoms with Gasteiger partial charge in [-0.25, -0.2) is 8.78 Å². The van der Waals surface area contributed by atoms with Crippen molar-refractivity contribution < 1.29 is 8.78 Å². The lowest BCUT2D eigenvalue weighted by atomic mass is 10.0. The van der Waals surface area contributed by atoms with Crippen molar-refractivity contribution in [2.24, 2.45) is 0 Å². The summed E-state index contributed by atoms with van der Waals surface area (Å²) in [5.74, 6) is -0.965. The summed E-state index contributed by atoms with van der Waals surface area (Å²) in [6, 6.07) is 2.47. The Balaban J connectivity index is 0.00000162. The summed E-state index contributed by atoms with van der Waals surface area (Å²) in [5.41, 5.74) is 0.154. The summed E-state index contributed by atoms with van der Waals surface area (Å²) >= 11 is 3.10. The Morgan fingerprint density at radius 3 is 2.37 bits per heavy atom. The number of benzene rings is 1. The molecule has 0 radical (unpaired) electrons. The number of nitrogens with one attached hydrogen (secondary N) is 1. The molecule has 19 heavy (non-hydrogen) atoms. The minimum Gasteiger partial charge on any atom is -0.314 e. The van der Waals surface area contributed by atoms with E-state index >= 15 is 0 Å². The fraction of sp³-hybridized carbons (Fsp3) is 0.500. The smallest absolute Gasteiger partial charge is 0.145 e. The van der Waals surface area contributed by atoms with Gasteiger partial charge in [0.25, 0.3) is 0 Å². The van der Waals surface area contributed by atoms with Gasteiger partial charge in [0.2, 0.25) is 0 Å². The minimum absolute atomic E-state index is 0. The minimum atomic E-state index is -0.490. The van der Waals surface area contributed by atoms with Crippen LogP contribution < -0.4 is 5.32 Å². The van der Waals surface area contributed by atoms with Crippen LogP contribution in [0.5, 0.6) is 0 Å². The molecule has 1 N–H and O–H groups in total. The number of hydrogen-bond donors (Lipinski definition) is 1. The van der Waals surface area contributed by atoms with Crippen molar-refractivity contribution in [3.63, 3.8) is 0 Å². The van der Waals surface area contributed by atoms with Crippen molar-refractivity contribution >= 4 is 40.7 Å². The predicted octanol–water partition coefficient (Wildman–Crippen LogP) is 3.54. The molecule has 1 fully saturated rings. The molecule has 1 heterocycles. The molecule has 0 amide bonds. The Kier molecular flexibility index (Phi) is 8.40. The van der Waals surface area contributed by atoms with Gasteiger partial charge in [0, 0.05) is 37.8 Å². The van der Waals surface area contributed by atoms with Gasteiger partial charge in [-0.05, 0) is 35.0 Å². The normalized spacial score (nSPS) is 17.3. The molecule has 1 saturated heterocycles. The second kappa shape index (κ2) is 8.37. The predicted molar refractivity (Wildman–Crippen MR) is 81.4 cm³/mol. The van der Waals surface area contributed by atoms with Gasteiger partial charge < -0.3 is 5.32 Å². The van der Waals surface area contributed by atoms with Crippen LogP contribution in [0.15, 0.2) is 16.6 Å². The second-order valence-corrected chi connectivity index (χ2v) is 5.07. The van der Waals surface area contributed by atoms with E-state index in [2.05, 4.69) is 26.1 Å². The number of piperazine rings is 1. The summed E-state index contributed by atoms with van der Waals surface area (Å²) in [6.45, 7) is 5.20. The highest BCUT2D eigenvalue weighted by atomic mass is 79.9. The first-order chi connectivity index (χ1) is 8.11. The van der Waals surface area contributed by atoms with E-state index in [-0.39, 0.29) is 36.4 Å². The fourth-order valence-electron chi connectivity index (χ4n) is 2.18. The number of nitrogens with zero attached hydrogens (tertiary/aromatic N) is 1. The third-order valence-corrected chi connectivity index (χ3v) is 3.81. The van der Waals surface area contributed by atoms with E-state index in [1.807, 2.05) is 6.92 Å². The zero-order valence-electron chi connectivity index (χ0n) is 10.5. The molecule has 0 bridgehead atoms. The summed E-state index contributed by atoms with van der Waals surface area (Å²) in [4.78, 5) is 2.09. The highest BCUT2D eigenvalue weighted by molar-refractivity contribution is 9.10. The van der Waals surface area contributed by atoms with Gasteiger partial charge in [0.1, 0.15) is 11.6 Å². The lowest BCUT2D eigenvalue weighted by molar-refractivity contribution is 0.179. The highest BCUT2D eigenvalue weighted by Gasteiger charge is 2.24. The van der Waals surface area contributed by atoms with Crippen molar-refractivity contribution in [2.45, 2.75) is 13.0 Å². The monoisotopic (exact) mass is 376 g/mol. The van der Waals surface area contributed by atoms with Gasteiger partial charge in [-0.15, -0.1) is 24.8 Å². The topological polar surface area (TPSA) is 15.3 Å². The van der Waals surface area contributed by atoms with Crippen molar-refractivity contribution in [3.8, 4) is 0 Å². The molecule has 2 nitrogen and oxygen atoms in total. The maximum absolute atomic E-state index is 13.9. The summed E-state index contributed by atoms with van der Waals surface area (Å²) in [7, 11) is 0. The number of hydrogen-bond acceptors (Lipinski definition) is 2. The molecule has 2 rings (SSSR count). The number of halogens is 5. The SMILES string of the molecule is C[C@H](c1c(F)ccc(Br)c1F)N1CCNCC1.Cl.Cl. The van der Waals surface area contributed by atoms with Crippen molar-refractivity contribution in [1.29, 1.82) is 0 Å². The van der Waals surface area contributed by atoms with E-state index in [0.29, 0.717) is 4.47 Å². The maximum Gasteiger partial charge on any atom is 0.145 e. The lowest BCUT2D eigenvalue weighted by Gasteiger charge is -2.33. The summed E-state index contributed by atoms with van der Waals surface area (Å²) < 4.78 is 28.0. The second-order valence-electron chi connectivity index (χ2n) is 4.22. The molecular formula is C12H17BrCl2F2N2. The van der Waals surface area contributed by atoms with Gasteiger partial charge in [-0.2, -0.15) is 0 Å². The van der Waals surface area contributed by atoms with E-state index in [9.17, 15) is 8.78 Å². The quantitative estimate of drug-likeness (QED) is 0.793. The van der Waals surface area contributed by atoms with Gasteiger partial charge in [-0.1, -0.05) is 0 Å². The molecule has 1 aliphatic heterocycles. The van der Waals surface area contributed by atoms with Crippen LogP contribution in [-0.4, -0.2) is 31.1 Å². The van der Waals surface area contributed by atoms with E-state index in [4.69, 9.17) is 0 Å². The molecular weight excluding hydrogens is 361 g/mol. The number of rotatable bonds is 2. The first kappa shape index (κ1) is 19.1. The lowest BCUT2D eigenvalue weighted by Crippen LogP contribution is -2.44. The van der Waals surface area contributed by atoms with Crippen molar-refractivity contribution in [3.05, 3.63) is 33.8 Å². The Morgan fingerprint density at radius 2 is 1.79 bits per heavy atom. The van der Waals surface area contributed by atoms with Crippen LogP contribution in [0.4, 0.5) is 8.78 Å².